The lowest BCUT2D eigenvalue weighted by Gasteiger charge is -1.92. The maximum absolute atomic E-state index is 13.6. The van der Waals surface area contributed by atoms with Crippen LogP contribution in [0.3, 0.4) is 0 Å². The van der Waals surface area contributed by atoms with Gasteiger partial charge in [0.2, 0.25) is 5.91 Å². The number of carbonyl (C=O) groups is 1. The average Bonchev–Trinajstić information content (AvgIpc) is 2.54. The summed E-state index contributed by atoms with van der Waals surface area (Å²) in [7, 11) is 0. The van der Waals surface area contributed by atoms with Gasteiger partial charge < -0.3 is 5.32 Å². The molecular weight excluding hydrogens is 283 g/mol. The topological polar surface area (TPSA) is 42.0 Å². The van der Waals surface area contributed by atoms with Crippen molar-refractivity contribution in [1.82, 2.24) is 4.98 Å². The van der Waals surface area contributed by atoms with E-state index in [0.29, 0.717) is 19.8 Å². The summed E-state index contributed by atoms with van der Waals surface area (Å²) in [5.41, 5.74) is 0.546. The molecule has 1 aromatic heterocycles. The lowest BCUT2D eigenvalue weighted by Crippen LogP contribution is -2.04. The second-order valence-electron chi connectivity index (χ2n) is 2.91. The van der Waals surface area contributed by atoms with Crippen LogP contribution in [0.25, 0.3) is 10.2 Å². The SMILES string of the molecule is CC(=O)Nc1nc2ccc(Br)c(F)c2s1. The van der Waals surface area contributed by atoms with Crippen molar-refractivity contribution < 1.29 is 9.18 Å². The Bertz CT molecular complexity index is 540. The minimum absolute atomic E-state index is 0.214. The van der Waals surface area contributed by atoms with Gasteiger partial charge in [0.1, 0.15) is 0 Å². The zero-order valence-corrected chi connectivity index (χ0v) is 10.1. The molecule has 0 fully saturated rings. The first kappa shape index (κ1) is 10.5. The van der Waals surface area contributed by atoms with Gasteiger partial charge in [-0.15, -0.1) is 0 Å². The molecule has 0 saturated heterocycles. The van der Waals surface area contributed by atoms with E-state index in [-0.39, 0.29) is 11.7 Å². The molecule has 2 rings (SSSR count). The number of fused-ring (bicyclic) bond motifs is 1. The van der Waals surface area contributed by atoms with Gasteiger partial charge >= 0.3 is 0 Å². The van der Waals surface area contributed by atoms with Crippen LogP contribution in [0.2, 0.25) is 0 Å². The van der Waals surface area contributed by atoms with Gasteiger partial charge in [-0.05, 0) is 28.1 Å². The van der Waals surface area contributed by atoms with Gasteiger partial charge in [0, 0.05) is 6.92 Å². The molecule has 1 heterocycles. The van der Waals surface area contributed by atoms with E-state index >= 15 is 0 Å². The number of thiazole rings is 1. The zero-order chi connectivity index (χ0) is 11.0. The number of benzene rings is 1. The minimum Gasteiger partial charge on any atom is -0.302 e. The van der Waals surface area contributed by atoms with Crippen LogP contribution in [0.4, 0.5) is 9.52 Å². The predicted molar refractivity (Wildman–Crippen MR) is 61.6 cm³/mol. The molecule has 15 heavy (non-hydrogen) atoms. The summed E-state index contributed by atoms with van der Waals surface area (Å²) in [5, 5.41) is 2.94. The maximum Gasteiger partial charge on any atom is 0.223 e. The lowest BCUT2D eigenvalue weighted by atomic mass is 10.3. The van der Waals surface area contributed by atoms with Crippen LogP contribution in [0, 0.1) is 5.82 Å². The van der Waals surface area contributed by atoms with Crippen LogP contribution < -0.4 is 5.32 Å². The summed E-state index contributed by atoms with van der Waals surface area (Å²) in [4.78, 5) is 14.9. The number of carbonyl (C=O) groups excluding carboxylic acids is 1. The molecule has 0 atom stereocenters. The molecule has 6 heteroatoms. The largest absolute Gasteiger partial charge is 0.302 e. The highest BCUT2D eigenvalue weighted by molar-refractivity contribution is 9.10. The van der Waals surface area contributed by atoms with E-state index in [2.05, 4.69) is 26.2 Å². The number of aromatic nitrogens is 1. The van der Waals surface area contributed by atoms with Crippen LogP contribution in [-0.4, -0.2) is 10.9 Å². The van der Waals surface area contributed by atoms with Crippen molar-refractivity contribution in [1.29, 1.82) is 0 Å². The van der Waals surface area contributed by atoms with E-state index in [0.717, 1.165) is 11.3 Å². The normalized spacial score (nSPS) is 10.6. The van der Waals surface area contributed by atoms with Crippen molar-refractivity contribution in [3.63, 3.8) is 0 Å². The van der Waals surface area contributed by atoms with E-state index < -0.39 is 0 Å². The highest BCUT2D eigenvalue weighted by atomic mass is 79.9. The first-order valence-electron chi connectivity index (χ1n) is 4.10. The summed E-state index contributed by atoms with van der Waals surface area (Å²) >= 11 is 4.21. The molecule has 78 valence electrons. The molecule has 0 saturated carbocycles. The van der Waals surface area contributed by atoms with E-state index in [1.165, 1.54) is 6.92 Å². The minimum atomic E-state index is -0.346. The molecule has 1 aromatic carbocycles. The van der Waals surface area contributed by atoms with Crippen molar-refractivity contribution in [2.75, 3.05) is 5.32 Å². The van der Waals surface area contributed by atoms with E-state index in [9.17, 15) is 9.18 Å². The van der Waals surface area contributed by atoms with Crippen molar-refractivity contribution in [2.45, 2.75) is 6.92 Å². The second kappa shape index (κ2) is 3.86. The summed E-state index contributed by atoms with van der Waals surface area (Å²) in [6, 6.07) is 3.29. The van der Waals surface area contributed by atoms with Gasteiger partial charge in [-0.1, -0.05) is 11.3 Å². The van der Waals surface area contributed by atoms with Crippen LogP contribution in [-0.2, 0) is 4.79 Å². The zero-order valence-electron chi connectivity index (χ0n) is 7.67. The smallest absolute Gasteiger partial charge is 0.223 e. The number of hydrogen-bond donors (Lipinski definition) is 1. The highest BCUT2D eigenvalue weighted by Gasteiger charge is 2.11. The molecule has 0 aliphatic rings. The van der Waals surface area contributed by atoms with Crippen LogP contribution in [0.5, 0.6) is 0 Å². The molecular formula is C9H6BrFN2OS. The Labute approximate surface area is 97.4 Å². The van der Waals surface area contributed by atoms with Gasteiger partial charge in [-0.25, -0.2) is 9.37 Å². The van der Waals surface area contributed by atoms with Crippen molar-refractivity contribution in [2.24, 2.45) is 0 Å². The van der Waals surface area contributed by atoms with E-state index in [1.807, 2.05) is 0 Å². The predicted octanol–water partition coefficient (Wildman–Crippen LogP) is 3.16. The number of anilines is 1. The number of nitrogens with zero attached hydrogens (tertiary/aromatic N) is 1. The van der Waals surface area contributed by atoms with Crippen LogP contribution in [0.1, 0.15) is 6.92 Å². The molecule has 0 radical (unpaired) electrons. The number of nitrogens with one attached hydrogen (secondary N) is 1. The number of halogens is 2. The number of amides is 1. The van der Waals surface area contributed by atoms with Crippen molar-refractivity contribution >= 4 is 48.5 Å². The van der Waals surface area contributed by atoms with Gasteiger partial charge in [0.25, 0.3) is 0 Å². The monoisotopic (exact) mass is 288 g/mol. The fourth-order valence-electron chi connectivity index (χ4n) is 1.14. The first-order chi connectivity index (χ1) is 7.08. The Balaban J connectivity index is 2.56. The summed E-state index contributed by atoms with van der Waals surface area (Å²) in [5.74, 6) is -0.560. The molecule has 3 nitrogen and oxygen atoms in total. The van der Waals surface area contributed by atoms with Gasteiger partial charge in [0.05, 0.1) is 14.7 Å². The third-order valence-corrected chi connectivity index (χ3v) is 3.32. The molecule has 0 spiro atoms. The number of hydrogen-bond acceptors (Lipinski definition) is 3. The molecule has 0 bridgehead atoms. The van der Waals surface area contributed by atoms with E-state index in [4.69, 9.17) is 0 Å². The molecule has 0 aliphatic heterocycles. The number of rotatable bonds is 1. The second-order valence-corrected chi connectivity index (χ2v) is 4.76. The Hall–Kier alpha value is -1.01. The molecule has 0 unspecified atom stereocenters. The molecule has 0 aliphatic carbocycles. The molecule has 2 aromatic rings. The average molecular weight is 289 g/mol. The highest BCUT2D eigenvalue weighted by Crippen LogP contribution is 2.31. The fraction of sp³-hybridized carbons (Fsp3) is 0.111. The van der Waals surface area contributed by atoms with E-state index in [1.54, 1.807) is 12.1 Å². The van der Waals surface area contributed by atoms with Crippen molar-refractivity contribution in [3.8, 4) is 0 Å². The molecule has 1 N–H and O–H groups in total. The first-order valence-corrected chi connectivity index (χ1v) is 5.71. The van der Waals surface area contributed by atoms with Crippen molar-refractivity contribution in [3.05, 3.63) is 22.4 Å². The van der Waals surface area contributed by atoms with Gasteiger partial charge in [-0.3, -0.25) is 4.79 Å². The summed E-state index contributed by atoms with van der Waals surface area (Å²) in [6.07, 6.45) is 0. The third-order valence-electron chi connectivity index (χ3n) is 1.73. The Morgan fingerprint density at radius 3 is 3.00 bits per heavy atom. The third kappa shape index (κ3) is 2.00. The summed E-state index contributed by atoms with van der Waals surface area (Å²) in [6.45, 7) is 1.39. The van der Waals surface area contributed by atoms with Gasteiger partial charge in [0.15, 0.2) is 10.9 Å². The van der Waals surface area contributed by atoms with Crippen LogP contribution >= 0.6 is 27.3 Å². The Morgan fingerprint density at radius 2 is 2.33 bits per heavy atom. The quantitative estimate of drug-likeness (QED) is 0.876. The Kier molecular flexibility index (Phi) is 2.70. The fourth-order valence-corrected chi connectivity index (χ4v) is 2.55. The maximum atomic E-state index is 13.6. The molecule has 1 amide bonds. The standard InChI is InChI=1S/C9H6BrFN2OS/c1-4(14)12-9-13-6-3-2-5(10)7(11)8(6)15-9/h2-3H,1H3,(H,12,13,14). The van der Waals surface area contributed by atoms with Gasteiger partial charge in [-0.2, -0.15) is 0 Å². The van der Waals surface area contributed by atoms with Crippen LogP contribution in [0.15, 0.2) is 16.6 Å². The lowest BCUT2D eigenvalue weighted by molar-refractivity contribution is -0.114. The Morgan fingerprint density at radius 1 is 1.60 bits per heavy atom. The summed E-state index contributed by atoms with van der Waals surface area (Å²) < 4.78 is 14.4.